The average Bonchev–Trinajstić information content (AvgIpc) is 2.02. The number of hydrogen-bond donors (Lipinski definition) is 2. The largest absolute Gasteiger partial charge is 0.368 e. The molecule has 3 N–H and O–H groups in total. The van der Waals surface area contributed by atoms with Crippen LogP contribution in [0.5, 0.6) is 0 Å². The van der Waals surface area contributed by atoms with Crippen LogP contribution < -0.4 is 11.1 Å². The molecule has 12 heavy (non-hydrogen) atoms. The molecular formula is C8H14N2O2. The highest BCUT2D eigenvalue weighted by Crippen LogP contribution is 1.92. The predicted molar refractivity (Wildman–Crippen MR) is 46.2 cm³/mol. The Morgan fingerprint density at radius 2 is 2.00 bits per heavy atom. The van der Waals surface area contributed by atoms with Gasteiger partial charge in [-0.1, -0.05) is 6.08 Å². The standard InChI is InChI=1S/C8H14N2O2/c1-4-5(2)8(12)10-6(3)7(9)11/h4,6H,1-3H3,(H2,9,11)(H,10,12)/b5-4-/t6-/m1/s1. The predicted octanol–water partition coefficient (Wildman–Crippen LogP) is -0.0574. The first-order valence-corrected chi connectivity index (χ1v) is 3.72. The van der Waals surface area contributed by atoms with E-state index in [1.54, 1.807) is 26.8 Å². The van der Waals surface area contributed by atoms with Gasteiger partial charge in [0.2, 0.25) is 11.8 Å². The highest BCUT2D eigenvalue weighted by atomic mass is 16.2. The van der Waals surface area contributed by atoms with Crippen molar-refractivity contribution in [3.63, 3.8) is 0 Å². The number of primary amides is 1. The van der Waals surface area contributed by atoms with Gasteiger partial charge in [0.15, 0.2) is 0 Å². The van der Waals surface area contributed by atoms with Crippen LogP contribution in [0.3, 0.4) is 0 Å². The minimum Gasteiger partial charge on any atom is -0.368 e. The van der Waals surface area contributed by atoms with Crippen molar-refractivity contribution in [3.8, 4) is 0 Å². The van der Waals surface area contributed by atoms with E-state index in [4.69, 9.17) is 5.73 Å². The van der Waals surface area contributed by atoms with Gasteiger partial charge in [-0.15, -0.1) is 0 Å². The average molecular weight is 170 g/mol. The zero-order chi connectivity index (χ0) is 9.72. The molecule has 0 spiro atoms. The molecule has 4 nitrogen and oxygen atoms in total. The van der Waals surface area contributed by atoms with Crippen LogP contribution in [0.2, 0.25) is 0 Å². The first-order chi connectivity index (χ1) is 5.49. The van der Waals surface area contributed by atoms with Gasteiger partial charge in [-0.3, -0.25) is 9.59 Å². The third-order valence-corrected chi connectivity index (χ3v) is 1.57. The molecule has 0 saturated carbocycles. The van der Waals surface area contributed by atoms with E-state index in [-0.39, 0.29) is 5.91 Å². The topological polar surface area (TPSA) is 72.2 Å². The van der Waals surface area contributed by atoms with Crippen LogP contribution in [0, 0.1) is 0 Å². The van der Waals surface area contributed by atoms with Gasteiger partial charge in [-0.25, -0.2) is 0 Å². The highest BCUT2D eigenvalue weighted by Gasteiger charge is 2.11. The Kier molecular flexibility index (Phi) is 4.04. The molecule has 0 aliphatic rings. The summed E-state index contributed by atoms with van der Waals surface area (Å²) < 4.78 is 0. The lowest BCUT2D eigenvalue weighted by Crippen LogP contribution is -2.42. The van der Waals surface area contributed by atoms with E-state index < -0.39 is 11.9 Å². The van der Waals surface area contributed by atoms with E-state index in [9.17, 15) is 9.59 Å². The summed E-state index contributed by atoms with van der Waals surface area (Å²) in [5.41, 5.74) is 5.53. The number of carbonyl (C=O) groups is 2. The number of nitrogens with one attached hydrogen (secondary N) is 1. The second kappa shape index (κ2) is 4.54. The number of rotatable bonds is 3. The maximum absolute atomic E-state index is 11.1. The van der Waals surface area contributed by atoms with Crippen molar-refractivity contribution in [3.05, 3.63) is 11.6 Å². The summed E-state index contributed by atoms with van der Waals surface area (Å²) >= 11 is 0. The molecule has 0 heterocycles. The fraction of sp³-hybridized carbons (Fsp3) is 0.500. The third kappa shape index (κ3) is 3.18. The van der Waals surface area contributed by atoms with E-state index in [1.807, 2.05) is 0 Å². The quantitative estimate of drug-likeness (QED) is 0.582. The van der Waals surface area contributed by atoms with Gasteiger partial charge in [0, 0.05) is 5.57 Å². The third-order valence-electron chi connectivity index (χ3n) is 1.57. The SMILES string of the molecule is C/C=C(/C)C(=O)N[C@H](C)C(N)=O. The molecule has 0 fully saturated rings. The monoisotopic (exact) mass is 170 g/mol. The summed E-state index contributed by atoms with van der Waals surface area (Å²) in [7, 11) is 0. The first kappa shape index (κ1) is 10.7. The van der Waals surface area contributed by atoms with Gasteiger partial charge in [0.25, 0.3) is 0 Å². The van der Waals surface area contributed by atoms with E-state index >= 15 is 0 Å². The summed E-state index contributed by atoms with van der Waals surface area (Å²) in [4.78, 5) is 21.6. The Bertz CT molecular complexity index is 221. The molecule has 0 aromatic heterocycles. The molecule has 0 aromatic carbocycles. The second-order valence-corrected chi connectivity index (χ2v) is 2.57. The van der Waals surface area contributed by atoms with Gasteiger partial charge in [0.1, 0.15) is 6.04 Å². The van der Waals surface area contributed by atoms with Gasteiger partial charge in [0.05, 0.1) is 0 Å². The van der Waals surface area contributed by atoms with Crippen LogP contribution in [-0.2, 0) is 9.59 Å². The molecule has 0 saturated heterocycles. The van der Waals surface area contributed by atoms with Crippen LogP contribution >= 0.6 is 0 Å². The molecule has 0 aromatic rings. The summed E-state index contributed by atoms with van der Waals surface area (Å²) in [5.74, 6) is -0.795. The number of carbonyl (C=O) groups excluding carboxylic acids is 2. The van der Waals surface area contributed by atoms with Crippen molar-refractivity contribution < 1.29 is 9.59 Å². The van der Waals surface area contributed by atoms with Crippen molar-refractivity contribution in [1.82, 2.24) is 5.32 Å². The molecule has 1 atom stereocenters. The summed E-state index contributed by atoms with van der Waals surface area (Å²) in [6.07, 6.45) is 1.67. The fourth-order valence-electron chi connectivity index (χ4n) is 0.513. The smallest absolute Gasteiger partial charge is 0.247 e. The molecule has 2 amide bonds. The van der Waals surface area contributed by atoms with Gasteiger partial charge >= 0.3 is 0 Å². The van der Waals surface area contributed by atoms with Crippen molar-refractivity contribution in [1.29, 1.82) is 0 Å². The van der Waals surface area contributed by atoms with Gasteiger partial charge in [-0.2, -0.15) is 0 Å². The molecule has 0 bridgehead atoms. The van der Waals surface area contributed by atoms with Crippen molar-refractivity contribution in [2.45, 2.75) is 26.8 Å². The number of allylic oxidation sites excluding steroid dienone is 1. The molecule has 0 aliphatic heterocycles. The molecule has 4 heteroatoms. The normalized spacial score (nSPS) is 13.8. The maximum atomic E-state index is 11.1. The minimum absolute atomic E-state index is 0.260. The lowest BCUT2D eigenvalue weighted by molar-refractivity contribution is -0.124. The zero-order valence-corrected chi connectivity index (χ0v) is 7.55. The summed E-state index contributed by atoms with van der Waals surface area (Å²) in [6.45, 7) is 4.97. The highest BCUT2D eigenvalue weighted by molar-refractivity contribution is 5.95. The van der Waals surface area contributed by atoms with Crippen LogP contribution in [0.1, 0.15) is 20.8 Å². The summed E-state index contributed by atoms with van der Waals surface area (Å²) in [6, 6.07) is -0.618. The molecular weight excluding hydrogens is 156 g/mol. The maximum Gasteiger partial charge on any atom is 0.247 e. The lowest BCUT2D eigenvalue weighted by Gasteiger charge is -2.09. The number of hydrogen-bond acceptors (Lipinski definition) is 2. The van der Waals surface area contributed by atoms with Gasteiger partial charge in [-0.05, 0) is 20.8 Å². The Hall–Kier alpha value is -1.32. The van der Waals surface area contributed by atoms with Crippen LogP contribution in [0.15, 0.2) is 11.6 Å². The fourth-order valence-corrected chi connectivity index (χ4v) is 0.513. The van der Waals surface area contributed by atoms with E-state index in [2.05, 4.69) is 5.32 Å². The van der Waals surface area contributed by atoms with E-state index in [1.165, 1.54) is 0 Å². The first-order valence-electron chi connectivity index (χ1n) is 3.72. The number of amides is 2. The Morgan fingerprint density at radius 3 is 2.33 bits per heavy atom. The van der Waals surface area contributed by atoms with Gasteiger partial charge < -0.3 is 11.1 Å². The van der Waals surface area contributed by atoms with E-state index in [0.29, 0.717) is 5.57 Å². The molecule has 0 unspecified atom stereocenters. The van der Waals surface area contributed by atoms with Crippen molar-refractivity contribution in [2.75, 3.05) is 0 Å². The molecule has 68 valence electrons. The van der Waals surface area contributed by atoms with E-state index in [0.717, 1.165) is 0 Å². The molecule has 0 rings (SSSR count). The van der Waals surface area contributed by atoms with Crippen LogP contribution in [0.4, 0.5) is 0 Å². The van der Waals surface area contributed by atoms with Crippen LogP contribution in [-0.4, -0.2) is 17.9 Å². The van der Waals surface area contributed by atoms with Crippen molar-refractivity contribution in [2.24, 2.45) is 5.73 Å². The Labute approximate surface area is 71.8 Å². The molecule has 0 aliphatic carbocycles. The lowest BCUT2D eigenvalue weighted by atomic mass is 10.2. The summed E-state index contributed by atoms with van der Waals surface area (Å²) in [5, 5.41) is 2.45. The minimum atomic E-state index is -0.618. The second-order valence-electron chi connectivity index (χ2n) is 2.57. The Morgan fingerprint density at radius 1 is 1.50 bits per heavy atom. The molecule has 0 radical (unpaired) electrons. The number of nitrogens with two attached hydrogens (primary N) is 1. The van der Waals surface area contributed by atoms with Crippen molar-refractivity contribution >= 4 is 11.8 Å². The van der Waals surface area contributed by atoms with Crippen LogP contribution in [0.25, 0.3) is 0 Å². The zero-order valence-electron chi connectivity index (χ0n) is 7.55. The Balaban J connectivity index is 4.11.